The van der Waals surface area contributed by atoms with Gasteiger partial charge in [0.1, 0.15) is 6.04 Å². The molecule has 0 spiro atoms. The number of piperazine rings is 1. The van der Waals surface area contributed by atoms with Crippen LogP contribution >= 0.6 is 0 Å². The Bertz CT molecular complexity index is 333. The van der Waals surface area contributed by atoms with Gasteiger partial charge in [-0.2, -0.15) is 0 Å². The van der Waals surface area contributed by atoms with Crippen molar-refractivity contribution < 1.29 is 19.4 Å². The van der Waals surface area contributed by atoms with Crippen LogP contribution in [0.1, 0.15) is 19.8 Å². The van der Waals surface area contributed by atoms with E-state index in [1.54, 1.807) is 6.92 Å². The topological polar surface area (TPSA) is 78.9 Å². The number of carbonyl (C=O) groups is 2. The molecule has 2 rings (SSSR count). The largest absolute Gasteiger partial charge is 0.379 e. The normalized spacial score (nSPS) is 35.9. The number of nitrogens with zero attached hydrogens (tertiary/aromatic N) is 1. The van der Waals surface area contributed by atoms with Crippen molar-refractivity contribution in [2.45, 2.75) is 37.6 Å². The molecule has 16 heavy (non-hydrogen) atoms. The Morgan fingerprint density at radius 3 is 2.94 bits per heavy atom. The van der Waals surface area contributed by atoms with Gasteiger partial charge >= 0.3 is 0 Å². The molecule has 2 aliphatic heterocycles. The van der Waals surface area contributed by atoms with E-state index in [0.717, 1.165) is 0 Å². The van der Waals surface area contributed by atoms with Gasteiger partial charge in [-0.3, -0.25) is 9.59 Å². The Morgan fingerprint density at radius 1 is 1.62 bits per heavy atom. The summed E-state index contributed by atoms with van der Waals surface area (Å²) in [5.74, 6) is -0.771. The average molecular weight is 228 g/mol. The molecule has 0 radical (unpaired) electrons. The smallest absolute Gasteiger partial charge is 0.274 e. The first kappa shape index (κ1) is 11.3. The zero-order valence-electron chi connectivity index (χ0n) is 9.40. The summed E-state index contributed by atoms with van der Waals surface area (Å²) in [5.41, 5.74) is -1.64. The van der Waals surface area contributed by atoms with Gasteiger partial charge in [0.2, 0.25) is 11.6 Å². The van der Waals surface area contributed by atoms with Crippen molar-refractivity contribution in [2.24, 2.45) is 0 Å². The highest BCUT2D eigenvalue weighted by Gasteiger charge is 2.55. The first-order chi connectivity index (χ1) is 7.50. The average Bonchev–Trinajstić information content (AvgIpc) is 2.66. The maximum absolute atomic E-state index is 12.0. The first-order valence-corrected chi connectivity index (χ1v) is 5.38. The van der Waals surface area contributed by atoms with E-state index in [-0.39, 0.29) is 5.91 Å². The fraction of sp³-hybridized carbons (Fsp3) is 0.800. The number of rotatable bonds is 2. The zero-order valence-corrected chi connectivity index (χ0v) is 9.40. The van der Waals surface area contributed by atoms with Gasteiger partial charge in [0.15, 0.2) is 0 Å². The van der Waals surface area contributed by atoms with Crippen molar-refractivity contribution in [3.63, 3.8) is 0 Å². The van der Waals surface area contributed by atoms with Crippen molar-refractivity contribution in [1.29, 1.82) is 0 Å². The van der Waals surface area contributed by atoms with Gasteiger partial charge in [0.25, 0.3) is 5.91 Å². The van der Waals surface area contributed by atoms with Gasteiger partial charge in [-0.15, -0.1) is 0 Å². The molecule has 6 nitrogen and oxygen atoms in total. The van der Waals surface area contributed by atoms with Crippen molar-refractivity contribution in [3.05, 3.63) is 0 Å². The molecule has 1 unspecified atom stereocenters. The SMILES string of the molecule is COC(C)[C@H]1NC(=O)[C@]2(O)CCCN2C1=O. The van der Waals surface area contributed by atoms with E-state index >= 15 is 0 Å². The van der Waals surface area contributed by atoms with E-state index in [4.69, 9.17) is 4.74 Å². The molecule has 2 saturated heterocycles. The van der Waals surface area contributed by atoms with Crippen LogP contribution in [0.2, 0.25) is 0 Å². The van der Waals surface area contributed by atoms with Gasteiger partial charge in [-0.1, -0.05) is 0 Å². The molecule has 0 aliphatic carbocycles. The molecular formula is C10H16N2O4. The minimum atomic E-state index is -1.64. The molecule has 0 aromatic rings. The molecule has 6 heteroatoms. The van der Waals surface area contributed by atoms with Crippen molar-refractivity contribution in [2.75, 3.05) is 13.7 Å². The predicted octanol–water partition coefficient (Wildman–Crippen LogP) is -1.17. The van der Waals surface area contributed by atoms with Crippen molar-refractivity contribution >= 4 is 11.8 Å². The fourth-order valence-corrected chi connectivity index (χ4v) is 2.27. The Morgan fingerprint density at radius 2 is 2.31 bits per heavy atom. The maximum Gasteiger partial charge on any atom is 0.274 e. The van der Waals surface area contributed by atoms with E-state index < -0.39 is 23.8 Å². The minimum Gasteiger partial charge on any atom is -0.379 e. The fourth-order valence-electron chi connectivity index (χ4n) is 2.27. The number of hydrogen-bond donors (Lipinski definition) is 2. The van der Waals surface area contributed by atoms with Crippen molar-refractivity contribution in [3.8, 4) is 0 Å². The molecule has 2 N–H and O–H groups in total. The molecule has 0 saturated carbocycles. The molecule has 0 bridgehead atoms. The van der Waals surface area contributed by atoms with Crippen LogP contribution < -0.4 is 5.32 Å². The summed E-state index contributed by atoms with van der Waals surface area (Å²) in [5, 5.41) is 12.6. The van der Waals surface area contributed by atoms with Crippen LogP contribution in [0.3, 0.4) is 0 Å². The lowest BCUT2D eigenvalue weighted by Crippen LogP contribution is -2.70. The number of aliphatic hydroxyl groups is 1. The van der Waals surface area contributed by atoms with Crippen LogP contribution in [-0.2, 0) is 14.3 Å². The molecule has 2 aliphatic rings. The molecule has 90 valence electrons. The van der Waals surface area contributed by atoms with Crippen LogP contribution in [0, 0.1) is 0 Å². The summed E-state index contributed by atoms with van der Waals surface area (Å²) in [6.45, 7) is 2.14. The van der Waals surface area contributed by atoms with E-state index in [0.29, 0.717) is 19.4 Å². The second-order valence-electron chi connectivity index (χ2n) is 4.30. The lowest BCUT2D eigenvalue weighted by molar-refractivity contribution is -0.181. The highest BCUT2D eigenvalue weighted by Crippen LogP contribution is 2.31. The van der Waals surface area contributed by atoms with Crippen LogP contribution in [0.15, 0.2) is 0 Å². The number of carbonyl (C=O) groups excluding carboxylic acids is 2. The summed E-state index contributed by atoms with van der Waals surface area (Å²) in [6, 6.07) is -0.698. The second-order valence-corrected chi connectivity index (χ2v) is 4.30. The van der Waals surface area contributed by atoms with Crippen LogP contribution in [0.4, 0.5) is 0 Å². The summed E-state index contributed by atoms with van der Waals surface area (Å²) < 4.78 is 5.05. The van der Waals surface area contributed by atoms with Crippen LogP contribution in [-0.4, -0.2) is 53.3 Å². The number of methoxy groups -OCH3 is 1. The summed E-state index contributed by atoms with van der Waals surface area (Å²) in [7, 11) is 1.48. The molecule has 2 fully saturated rings. The Labute approximate surface area is 93.6 Å². The third-order valence-corrected chi connectivity index (χ3v) is 3.38. The lowest BCUT2D eigenvalue weighted by atomic mass is 10.0. The number of amides is 2. The van der Waals surface area contributed by atoms with Crippen LogP contribution in [0.25, 0.3) is 0 Å². The molecule has 3 atom stereocenters. The molecule has 0 aromatic carbocycles. The summed E-state index contributed by atoms with van der Waals surface area (Å²) in [4.78, 5) is 25.0. The standard InChI is InChI=1S/C10H16N2O4/c1-6(16-2)7-8(13)12-5-3-4-10(12,15)9(14)11-7/h6-7,15H,3-5H2,1-2H3,(H,11,14)/t6?,7-,10-/m1/s1. The number of hydrogen-bond acceptors (Lipinski definition) is 4. The summed E-state index contributed by atoms with van der Waals surface area (Å²) in [6.07, 6.45) is 0.546. The van der Waals surface area contributed by atoms with Gasteiger partial charge in [0, 0.05) is 20.1 Å². The highest BCUT2D eigenvalue weighted by atomic mass is 16.5. The third-order valence-electron chi connectivity index (χ3n) is 3.38. The predicted molar refractivity (Wildman–Crippen MR) is 54.3 cm³/mol. The van der Waals surface area contributed by atoms with E-state index in [1.165, 1.54) is 12.0 Å². The molecule has 0 aromatic heterocycles. The number of ether oxygens (including phenoxy) is 1. The third kappa shape index (κ3) is 1.41. The van der Waals surface area contributed by atoms with Gasteiger partial charge in [0.05, 0.1) is 6.10 Å². The van der Waals surface area contributed by atoms with Gasteiger partial charge < -0.3 is 20.1 Å². The Balaban J connectivity index is 2.26. The first-order valence-electron chi connectivity index (χ1n) is 5.38. The molecule has 2 amide bonds. The monoisotopic (exact) mass is 228 g/mol. The van der Waals surface area contributed by atoms with Gasteiger partial charge in [-0.25, -0.2) is 0 Å². The minimum absolute atomic E-state index is 0.269. The van der Waals surface area contributed by atoms with E-state index in [9.17, 15) is 14.7 Å². The quantitative estimate of drug-likeness (QED) is 0.624. The second kappa shape index (κ2) is 3.71. The molecule has 2 heterocycles. The number of nitrogens with one attached hydrogen (secondary N) is 1. The summed E-state index contributed by atoms with van der Waals surface area (Å²) >= 11 is 0. The highest BCUT2D eigenvalue weighted by molar-refractivity contribution is 5.99. The van der Waals surface area contributed by atoms with E-state index in [1.807, 2.05) is 0 Å². The van der Waals surface area contributed by atoms with Crippen molar-refractivity contribution in [1.82, 2.24) is 10.2 Å². The lowest BCUT2D eigenvalue weighted by Gasteiger charge is -2.41. The van der Waals surface area contributed by atoms with Crippen LogP contribution in [0.5, 0.6) is 0 Å². The van der Waals surface area contributed by atoms with Gasteiger partial charge in [-0.05, 0) is 13.3 Å². The Hall–Kier alpha value is -1.14. The number of fused-ring (bicyclic) bond motifs is 1. The van der Waals surface area contributed by atoms with E-state index in [2.05, 4.69) is 5.32 Å². The Kier molecular flexibility index (Phi) is 2.63. The maximum atomic E-state index is 12.0. The molecular weight excluding hydrogens is 212 g/mol. The zero-order chi connectivity index (χ0) is 11.9.